The maximum absolute atomic E-state index is 13.3. The number of hydrogen-bond acceptors (Lipinski definition) is 2. The van der Waals surface area contributed by atoms with Gasteiger partial charge >= 0.3 is 0 Å². The second-order valence-electron chi connectivity index (χ2n) is 7.89. The first-order valence-electron chi connectivity index (χ1n) is 11.3. The molecule has 2 nitrogen and oxygen atoms in total. The molecule has 0 aliphatic carbocycles. The summed E-state index contributed by atoms with van der Waals surface area (Å²) in [5, 5.41) is 10.5. The smallest absolute Gasteiger partial charge is 0.0902 e. The molecular weight excluding hydrogens is 327 g/mol. The molecule has 0 amide bonds. The number of rotatable bonds is 18. The first-order valence-corrected chi connectivity index (χ1v) is 13.4. The maximum atomic E-state index is 13.3. The van der Waals surface area contributed by atoms with Crippen molar-refractivity contribution in [2.45, 2.75) is 129 Å². The molecule has 2 atom stereocenters. The van der Waals surface area contributed by atoms with Gasteiger partial charge in [-0.3, -0.25) is 0 Å². The fourth-order valence-electron chi connectivity index (χ4n) is 3.86. The summed E-state index contributed by atoms with van der Waals surface area (Å²) >= 11 is 0. The van der Waals surface area contributed by atoms with Crippen molar-refractivity contribution in [2.75, 3.05) is 12.3 Å². The quantitative estimate of drug-likeness (QED) is 0.198. The molecule has 0 rings (SSSR count). The fourth-order valence-corrected chi connectivity index (χ4v) is 6.62. The van der Waals surface area contributed by atoms with Crippen molar-refractivity contribution in [2.24, 2.45) is 0 Å². The van der Waals surface area contributed by atoms with Gasteiger partial charge in [-0.25, -0.2) is 0 Å². The van der Waals surface area contributed by atoms with E-state index in [1.54, 1.807) is 0 Å². The number of aliphatic hydroxyl groups excluding tert-OH is 1. The zero-order chi connectivity index (χ0) is 19.0. The van der Waals surface area contributed by atoms with Crippen LogP contribution in [0.15, 0.2) is 0 Å². The lowest BCUT2D eigenvalue weighted by molar-refractivity contribution is 0.147. The highest BCUT2D eigenvalue weighted by Gasteiger charge is 2.30. The lowest BCUT2D eigenvalue weighted by Gasteiger charge is -2.28. The van der Waals surface area contributed by atoms with Gasteiger partial charge in [0.2, 0.25) is 0 Å². The van der Waals surface area contributed by atoms with Crippen LogP contribution in [0.5, 0.6) is 0 Å². The second-order valence-corrected chi connectivity index (χ2v) is 11.8. The summed E-state index contributed by atoms with van der Waals surface area (Å²) in [4.78, 5) is 0. The minimum absolute atomic E-state index is 0.249. The summed E-state index contributed by atoms with van der Waals surface area (Å²) in [5.74, 6) is 0. The first kappa shape index (κ1) is 25.2. The van der Waals surface area contributed by atoms with Gasteiger partial charge < -0.3 is 9.67 Å². The summed E-state index contributed by atoms with van der Waals surface area (Å²) in [7, 11) is -2.12. The van der Waals surface area contributed by atoms with Gasteiger partial charge in [-0.15, -0.1) is 0 Å². The number of unbranched alkanes of at least 4 members (excludes halogenated alkanes) is 9. The molecule has 2 unspecified atom stereocenters. The van der Waals surface area contributed by atoms with Gasteiger partial charge in [0.15, 0.2) is 0 Å². The zero-order valence-corrected chi connectivity index (χ0v) is 18.7. The lowest BCUT2D eigenvalue weighted by atomic mass is 10.0. The van der Waals surface area contributed by atoms with Crippen LogP contribution < -0.4 is 0 Å². The minimum Gasteiger partial charge on any atom is -0.393 e. The molecular formula is C22H47O2P. The average molecular weight is 375 g/mol. The van der Waals surface area contributed by atoms with Gasteiger partial charge in [-0.2, -0.15) is 0 Å². The van der Waals surface area contributed by atoms with Crippen LogP contribution in [0.2, 0.25) is 0 Å². The standard InChI is InChI=1S/C22H47O2P/c1-5-9-11-13-14-15-17-19-22(25(24,7-3)8-4)20-21(23)18-16-12-10-6-2/h21-23H,5-20H2,1-4H3. The Morgan fingerprint density at radius 1 is 0.680 bits per heavy atom. The first-order chi connectivity index (χ1) is 12.0. The molecule has 0 saturated carbocycles. The molecule has 0 heterocycles. The van der Waals surface area contributed by atoms with E-state index in [9.17, 15) is 9.67 Å². The van der Waals surface area contributed by atoms with E-state index in [1.165, 1.54) is 64.2 Å². The Morgan fingerprint density at radius 3 is 1.64 bits per heavy atom. The van der Waals surface area contributed by atoms with Crippen LogP contribution in [0, 0.1) is 0 Å². The van der Waals surface area contributed by atoms with E-state index in [0.29, 0.717) is 0 Å². The molecule has 0 spiro atoms. The highest BCUT2D eigenvalue weighted by molar-refractivity contribution is 7.64. The highest BCUT2D eigenvalue weighted by Crippen LogP contribution is 2.53. The van der Waals surface area contributed by atoms with Crippen LogP contribution in [0.3, 0.4) is 0 Å². The van der Waals surface area contributed by atoms with Crippen LogP contribution in [0.1, 0.15) is 118 Å². The van der Waals surface area contributed by atoms with Crippen LogP contribution in [-0.2, 0) is 4.57 Å². The Morgan fingerprint density at radius 2 is 1.12 bits per heavy atom. The Balaban J connectivity index is 4.30. The van der Waals surface area contributed by atoms with Gasteiger partial charge in [-0.1, -0.05) is 98.3 Å². The third-order valence-corrected chi connectivity index (χ3v) is 9.75. The van der Waals surface area contributed by atoms with Crippen LogP contribution in [0.4, 0.5) is 0 Å². The largest absolute Gasteiger partial charge is 0.393 e. The topological polar surface area (TPSA) is 37.3 Å². The van der Waals surface area contributed by atoms with Crippen molar-refractivity contribution in [1.82, 2.24) is 0 Å². The van der Waals surface area contributed by atoms with Crippen molar-refractivity contribution < 1.29 is 9.67 Å². The molecule has 25 heavy (non-hydrogen) atoms. The molecule has 0 bridgehead atoms. The molecule has 0 aromatic carbocycles. The van der Waals surface area contributed by atoms with Crippen molar-refractivity contribution in [3.05, 3.63) is 0 Å². The Bertz CT molecular complexity index is 322. The minimum atomic E-state index is -2.12. The second kappa shape index (κ2) is 16.4. The molecule has 0 saturated heterocycles. The molecule has 0 aromatic rings. The van der Waals surface area contributed by atoms with E-state index in [1.807, 2.05) is 0 Å². The fraction of sp³-hybridized carbons (Fsp3) is 1.00. The summed E-state index contributed by atoms with van der Waals surface area (Å²) in [6.07, 6.45) is 18.0. The van der Waals surface area contributed by atoms with E-state index in [-0.39, 0.29) is 11.8 Å². The zero-order valence-electron chi connectivity index (χ0n) is 17.8. The van der Waals surface area contributed by atoms with Crippen LogP contribution >= 0.6 is 7.14 Å². The van der Waals surface area contributed by atoms with E-state index in [0.717, 1.165) is 38.0 Å². The summed E-state index contributed by atoms with van der Waals surface area (Å²) < 4.78 is 13.3. The van der Waals surface area contributed by atoms with Crippen molar-refractivity contribution in [3.63, 3.8) is 0 Å². The Labute approximate surface area is 158 Å². The van der Waals surface area contributed by atoms with E-state index in [4.69, 9.17) is 0 Å². The molecule has 1 N–H and O–H groups in total. The monoisotopic (exact) mass is 374 g/mol. The van der Waals surface area contributed by atoms with E-state index in [2.05, 4.69) is 27.7 Å². The van der Waals surface area contributed by atoms with Gasteiger partial charge in [0.1, 0.15) is 0 Å². The van der Waals surface area contributed by atoms with E-state index < -0.39 is 7.14 Å². The third kappa shape index (κ3) is 12.2. The van der Waals surface area contributed by atoms with Gasteiger partial charge in [0, 0.05) is 5.66 Å². The van der Waals surface area contributed by atoms with Gasteiger partial charge in [0.05, 0.1) is 13.2 Å². The average Bonchev–Trinajstić information content (AvgIpc) is 2.62. The lowest BCUT2D eigenvalue weighted by Crippen LogP contribution is -2.20. The summed E-state index contributed by atoms with van der Waals surface area (Å²) in [6, 6.07) is 0. The van der Waals surface area contributed by atoms with Crippen molar-refractivity contribution in [1.29, 1.82) is 0 Å². The maximum Gasteiger partial charge on any atom is 0.0902 e. The molecule has 0 aromatic heterocycles. The number of hydrogen-bond donors (Lipinski definition) is 1. The molecule has 3 heteroatoms. The summed E-state index contributed by atoms with van der Waals surface area (Å²) in [5.41, 5.74) is 0.249. The van der Waals surface area contributed by atoms with Gasteiger partial charge in [-0.05, 0) is 31.6 Å². The van der Waals surface area contributed by atoms with Crippen LogP contribution in [-0.4, -0.2) is 29.2 Å². The molecule has 0 radical (unpaired) electrons. The Hall–Kier alpha value is 0.190. The van der Waals surface area contributed by atoms with Crippen LogP contribution in [0.25, 0.3) is 0 Å². The Kier molecular flexibility index (Phi) is 16.5. The highest BCUT2D eigenvalue weighted by atomic mass is 31.2. The predicted octanol–water partition coefficient (Wildman–Crippen LogP) is 7.62. The molecule has 0 fully saturated rings. The summed E-state index contributed by atoms with van der Waals surface area (Å²) in [6.45, 7) is 8.63. The SMILES string of the molecule is CCCCCCCCCC(CC(O)CCCCCC)P(=O)(CC)CC. The number of aliphatic hydroxyl groups is 1. The van der Waals surface area contributed by atoms with Gasteiger partial charge in [0.25, 0.3) is 0 Å². The van der Waals surface area contributed by atoms with Crippen molar-refractivity contribution in [3.8, 4) is 0 Å². The molecule has 0 aliphatic heterocycles. The third-order valence-electron chi connectivity index (χ3n) is 5.81. The normalized spacial score (nSPS) is 14.6. The predicted molar refractivity (Wildman–Crippen MR) is 114 cm³/mol. The van der Waals surface area contributed by atoms with E-state index >= 15 is 0 Å². The molecule has 152 valence electrons. The molecule has 0 aliphatic rings. The van der Waals surface area contributed by atoms with Crippen molar-refractivity contribution >= 4 is 7.14 Å².